The van der Waals surface area contributed by atoms with Crippen molar-refractivity contribution < 1.29 is 0 Å². The Bertz CT molecular complexity index is 389. The Hall–Kier alpha value is -0.0300. The van der Waals surface area contributed by atoms with Crippen molar-refractivity contribution in [2.75, 3.05) is 20.1 Å². The lowest BCUT2D eigenvalue weighted by Gasteiger charge is -2.28. The molecule has 0 bridgehead atoms. The van der Waals surface area contributed by atoms with E-state index in [1.807, 2.05) is 23.1 Å². The molecule has 1 aromatic rings. The largest absolute Gasteiger partial charge is 0.310 e. The third kappa shape index (κ3) is 4.22. The van der Waals surface area contributed by atoms with Gasteiger partial charge in [-0.25, -0.2) is 0 Å². The Labute approximate surface area is 126 Å². The summed E-state index contributed by atoms with van der Waals surface area (Å²) in [6.07, 6.45) is 2.49. The minimum Gasteiger partial charge on any atom is -0.310 e. The van der Waals surface area contributed by atoms with Crippen molar-refractivity contribution in [3.8, 4) is 0 Å². The van der Waals surface area contributed by atoms with Crippen LogP contribution in [0.15, 0.2) is 15.7 Å². The van der Waals surface area contributed by atoms with Crippen molar-refractivity contribution in [2.24, 2.45) is 0 Å². The first-order chi connectivity index (χ1) is 9.08. The molecule has 2 atom stereocenters. The standard InChI is InChI=1S/C15H26N2S2/c1-11(2)17(4)8-5-7-16-14-10-12(3)19-15-13(14)6-9-18-15/h6,9,11-12,14,16H,5,7-8,10H2,1-4H3/t12-,14?/m0/s1. The van der Waals surface area contributed by atoms with Gasteiger partial charge in [-0.1, -0.05) is 6.92 Å². The van der Waals surface area contributed by atoms with Gasteiger partial charge in [0.2, 0.25) is 0 Å². The van der Waals surface area contributed by atoms with Gasteiger partial charge in [-0.3, -0.25) is 0 Å². The van der Waals surface area contributed by atoms with Gasteiger partial charge < -0.3 is 10.2 Å². The van der Waals surface area contributed by atoms with Gasteiger partial charge >= 0.3 is 0 Å². The fourth-order valence-corrected chi connectivity index (χ4v) is 4.97. The lowest BCUT2D eigenvalue weighted by atomic mass is 10.0. The monoisotopic (exact) mass is 298 g/mol. The molecule has 1 N–H and O–H groups in total. The molecule has 0 aromatic carbocycles. The maximum absolute atomic E-state index is 3.76. The number of rotatable bonds is 6. The molecular formula is C15H26N2S2. The van der Waals surface area contributed by atoms with Crippen molar-refractivity contribution in [3.63, 3.8) is 0 Å². The second-order valence-electron chi connectivity index (χ2n) is 5.76. The zero-order valence-corrected chi connectivity index (χ0v) is 14.1. The molecule has 1 aliphatic heterocycles. The zero-order chi connectivity index (χ0) is 13.8. The summed E-state index contributed by atoms with van der Waals surface area (Å²) in [5.41, 5.74) is 1.53. The van der Waals surface area contributed by atoms with E-state index in [0.717, 1.165) is 11.8 Å². The molecule has 0 saturated heterocycles. The van der Waals surface area contributed by atoms with Crippen molar-refractivity contribution in [3.05, 3.63) is 17.0 Å². The van der Waals surface area contributed by atoms with E-state index in [1.165, 1.54) is 29.2 Å². The predicted molar refractivity (Wildman–Crippen MR) is 87.4 cm³/mol. The van der Waals surface area contributed by atoms with Crippen LogP contribution < -0.4 is 5.32 Å². The van der Waals surface area contributed by atoms with Crippen molar-refractivity contribution in [1.29, 1.82) is 0 Å². The normalized spacial score (nSPS) is 23.1. The maximum atomic E-state index is 3.76. The van der Waals surface area contributed by atoms with Crippen LogP contribution >= 0.6 is 23.1 Å². The van der Waals surface area contributed by atoms with Gasteiger partial charge in [0.25, 0.3) is 0 Å². The highest BCUT2D eigenvalue weighted by molar-refractivity contribution is 8.01. The first-order valence-corrected chi connectivity index (χ1v) is 9.01. The average Bonchev–Trinajstić information content (AvgIpc) is 2.81. The Morgan fingerprint density at radius 3 is 3.00 bits per heavy atom. The van der Waals surface area contributed by atoms with Gasteiger partial charge in [0.1, 0.15) is 0 Å². The number of thioether (sulfide) groups is 1. The van der Waals surface area contributed by atoms with Gasteiger partial charge in [-0.15, -0.1) is 23.1 Å². The molecule has 2 rings (SSSR count). The highest BCUT2D eigenvalue weighted by Crippen LogP contribution is 2.43. The lowest BCUT2D eigenvalue weighted by Crippen LogP contribution is -2.32. The molecule has 19 heavy (non-hydrogen) atoms. The number of fused-ring (bicyclic) bond motifs is 1. The number of hydrogen-bond donors (Lipinski definition) is 1. The minimum absolute atomic E-state index is 0.571. The van der Waals surface area contributed by atoms with E-state index in [-0.39, 0.29) is 0 Å². The Morgan fingerprint density at radius 1 is 1.47 bits per heavy atom. The molecule has 0 spiro atoms. The molecule has 108 valence electrons. The highest BCUT2D eigenvalue weighted by Gasteiger charge is 2.25. The van der Waals surface area contributed by atoms with E-state index >= 15 is 0 Å². The minimum atomic E-state index is 0.571. The third-order valence-electron chi connectivity index (χ3n) is 3.87. The molecular weight excluding hydrogens is 272 g/mol. The van der Waals surface area contributed by atoms with Gasteiger partial charge in [0.15, 0.2) is 0 Å². The van der Waals surface area contributed by atoms with Gasteiger partial charge in [0.05, 0.1) is 4.21 Å². The average molecular weight is 299 g/mol. The Kier molecular flexibility index (Phi) is 5.75. The zero-order valence-electron chi connectivity index (χ0n) is 12.5. The smallest absolute Gasteiger partial charge is 0.0649 e. The van der Waals surface area contributed by atoms with Crippen molar-refractivity contribution >= 4 is 23.1 Å². The first kappa shape index (κ1) is 15.4. The fourth-order valence-electron chi connectivity index (χ4n) is 2.41. The van der Waals surface area contributed by atoms with Crippen LogP contribution in [0.4, 0.5) is 0 Å². The quantitative estimate of drug-likeness (QED) is 0.799. The molecule has 1 unspecified atom stereocenters. The number of hydrogen-bond acceptors (Lipinski definition) is 4. The van der Waals surface area contributed by atoms with E-state index in [0.29, 0.717) is 12.1 Å². The number of nitrogens with zero attached hydrogens (tertiary/aromatic N) is 1. The summed E-state index contributed by atoms with van der Waals surface area (Å²) in [6, 6.07) is 3.52. The first-order valence-electron chi connectivity index (χ1n) is 7.25. The summed E-state index contributed by atoms with van der Waals surface area (Å²) in [7, 11) is 2.21. The van der Waals surface area contributed by atoms with E-state index in [2.05, 4.69) is 49.5 Å². The van der Waals surface area contributed by atoms with Crippen molar-refractivity contribution in [1.82, 2.24) is 10.2 Å². The van der Waals surface area contributed by atoms with Crippen LogP contribution in [0.1, 0.15) is 45.2 Å². The van der Waals surface area contributed by atoms with E-state index in [1.54, 1.807) is 0 Å². The molecule has 0 amide bonds. The SMILES string of the molecule is CC(C)N(C)CCCNC1C[C@H](C)Sc2sccc21. The fraction of sp³-hybridized carbons (Fsp3) is 0.733. The maximum Gasteiger partial charge on any atom is 0.0649 e. The second kappa shape index (κ2) is 7.11. The topological polar surface area (TPSA) is 15.3 Å². The van der Waals surface area contributed by atoms with Crippen LogP contribution in [0.25, 0.3) is 0 Å². The Morgan fingerprint density at radius 2 is 2.26 bits per heavy atom. The third-order valence-corrected chi connectivity index (χ3v) is 6.21. The second-order valence-corrected chi connectivity index (χ2v) is 8.39. The van der Waals surface area contributed by atoms with Crippen LogP contribution in [0.2, 0.25) is 0 Å². The van der Waals surface area contributed by atoms with Gasteiger partial charge in [-0.05, 0) is 63.8 Å². The van der Waals surface area contributed by atoms with Crippen LogP contribution in [0.3, 0.4) is 0 Å². The Balaban J connectivity index is 1.78. The molecule has 0 fully saturated rings. The van der Waals surface area contributed by atoms with Crippen LogP contribution in [-0.2, 0) is 0 Å². The van der Waals surface area contributed by atoms with Crippen LogP contribution in [0.5, 0.6) is 0 Å². The molecule has 1 aromatic heterocycles. The molecule has 4 heteroatoms. The van der Waals surface area contributed by atoms with Gasteiger partial charge in [-0.2, -0.15) is 0 Å². The molecule has 2 heterocycles. The predicted octanol–water partition coefficient (Wildman–Crippen LogP) is 3.99. The summed E-state index contributed by atoms with van der Waals surface area (Å²) in [5.74, 6) is 0. The molecule has 0 radical (unpaired) electrons. The summed E-state index contributed by atoms with van der Waals surface area (Å²) < 4.78 is 1.52. The summed E-state index contributed by atoms with van der Waals surface area (Å²) in [4.78, 5) is 2.41. The van der Waals surface area contributed by atoms with E-state index in [4.69, 9.17) is 0 Å². The van der Waals surface area contributed by atoms with Crippen molar-refractivity contribution in [2.45, 2.75) is 55.2 Å². The summed E-state index contributed by atoms with van der Waals surface area (Å²) in [5, 5.41) is 6.73. The van der Waals surface area contributed by atoms with Crippen LogP contribution in [0, 0.1) is 0 Å². The molecule has 1 aliphatic rings. The lowest BCUT2D eigenvalue weighted by molar-refractivity contribution is 0.267. The number of thiophene rings is 1. The molecule has 0 saturated carbocycles. The summed E-state index contributed by atoms with van der Waals surface area (Å²) >= 11 is 3.94. The van der Waals surface area contributed by atoms with Gasteiger partial charge in [0, 0.05) is 17.3 Å². The molecule has 0 aliphatic carbocycles. The summed E-state index contributed by atoms with van der Waals surface area (Å²) in [6.45, 7) is 9.15. The van der Waals surface area contributed by atoms with E-state index < -0.39 is 0 Å². The van der Waals surface area contributed by atoms with E-state index in [9.17, 15) is 0 Å². The number of nitrogens with one attached hydrogen (secondary N) is 1. The van der Waals surface area contributed by atoms with Crippen LogP contribution in [-0.4, -0.2) is 36.3 Å². The highest BCUT2D eigenvalue weighted by atomic mass is 32.2. The molecule has 2 nitrogen and oxygen atoms in total.